The first kappa shape index (κ1) is 15.9. The normalized spacial score (nSPS) is 13.0. The summed E-state index contributed by atoms with van der Waals surface area (Å²) in [6, 6.07) is 17.6. The van der Waals surface area contributed by atoms with E-state index in [1.165, 1.54) is 12.8 Å². The number of ether oxygens (including phenoxy) is 1. The van der Waals surface area contributed by atoms with Crippen LogP contribution in [0.1, 0.15) is 32.3 Å². The van der Waals surface area contributed by atoms with Gasteiger partial charge in [-0.05, 0) is 37.1 Å². The number of hydrogen-bond donors (Lipinski definition) is 0. The van der Waals surface area contributed by atoms with Gasteiger partial charge in [0.2, 0.25) is 0 Å². The van der Waals surface area contributed by atoms with Crippen molar-refractivity contribution in [3.05, 3.63) is 54.1 Å². The van der Waals surface area contributed by atoms with Crippen LogP contribution in [0.25, 0.3) is 0 Å². The van der Waals surface area contributed by atoms with Gasteiger partial charge in [0.25, 0.3) is 0 Å². The summed E-state index contributed by atoms with van der Waals surface area (Å²) < 4.78 is 5.77. The van der Waals surface area contributed by atoms with Gasteiger partial charge in [-0.25, -0.2) is 0 Å². The molecule has 0 spiro atoms. The van der Waals surface area contributed by atoms with E-state index in [1.54, 1.807) is 0 Å². The second-order valence-electron chi connectivity index (χ2n) is 4.90. The third-order valence-electron chi connectivity index (χ3n) is 3.51. The van der Waals surface area contributed by atoms with Gasteiger partial charge in [0.15, 0.2) is 0 Å². The number of anilines is 1. The van der Waals surface area contributed by atoms with Crippen LogP contribution in [-0.4, -0.2) is 13.1 Å². The third kappa shape index (κ3) is 3.79. The zero-order chi connectivity index (χ0) is 15.8. The molecule has 0 amide bonds. The molecule has 3 nitrogen and oxygen atoms in total. The standard InChI is InChI=1S/C17H16N2O.C2H6/c18-13-14-12-16(20-15-6-2-1-3-7-15)8-9-17(14)19-10-4-5-11-19;1-2/h1-3,6-9,12H,4-5,10-11H2;1-2H3. The topological polar surface area (TPSA) is 36.3 Å². The maximum Gasteiger partial charge on any atom is 0.128 e. The first-order valence-corrected chi connectivity index (χ1v) is 7.89. The predicted octanol–water partition coefficient (Wildman–Crippen LogP) is 4.98. The van der Waals surface area contributed by atoms with Crippen LogP contribution in [0.5, 0.6) is 11.5 Å². The van der Waals surface area contributed by atoms with E-state index in [0.717, 1.165) is 24.5 Å². The Morgan fingerprint density at radius 1 is 0.955 bits per heavy atom. The first-order valence-electron chi connectivity index (χ1n) is 7.89. The zero-order valence-electron chi connectivity index (χ0n) is 13.2. The van der Waals surface area contributed by atoms with Crippen molar-refractivity contribution in [1.29, 1.82) is 5.26 Å². The third-order valence-corrected chi connectivity index (χ3v) is 3.51. The number of hydrogen-bond acceptors (Lipinski definition) is 3. The second-order valence-corrected chi connectivity index (χ2v) is 4.90. The number of benzene rings is 2. The molecule has 3 heteroatoms. The monoisotopic (exact) mass is 294 g/mol. The Morgan fingerprint density at radius 2 is 1.64 bits per heavy atom. The Labute approximate surface area is 132 Å². The summed E-state index contributed by atoms with van der Waals surface area (Å²) >= 11 is 0. The van der Waals surface area contributed by atoms with Gasteiger partial charge in [-0.3, -0.25) is 0 Å². The van der Waals surface area contributed by atoms with Gasteiger partial charge in [0.05, 0.1) is 11.3 Å². The van der Waals surface area contributed by atoms with Crippen molar-refractivity contribution < 1.29 is 4.74 Å². The summed E-state index contributed by atoms with van der Waals surface area (Å²) in [5.41, 5.74) is 1.70. The fraction of sp³-hybridized carbons (Fsp3) is 0.316. The van der Waals surface area contributed by atoms with Crippen molar-refractivity contribution in [1.82, 2.24) is 0 Å². The van der Waals surface area contributed by atoms with Crippen LogP contribution >= 0.6 is 0 Å². The molecule has 114 valence electrons. The maximum absolute atomic E-state index is 9.34. The minimum absolute atomic E-state index is 0.681. The van der Waals surface area contributed by atoms with Crippen LogP contribution in [0.4, 0.5) is 5.69 Å². The van der Waals surface area contributed by atoms with E-state index in [9.17, 15) is 5.26 Å². The number of nitrogens with zero attached hydrogens (tertiary/aromatic N) is 2. The lowest BCUT2D eigenvalue weighted by molar-refractivity contribution is 0.482. The Kier molecular flexibility index (Phi) is 5.85. The molecule has 22 heavy (non-hydrogen) atoms. The molecule has 0 atom stereocenters. The molecular weight excluding hydrogens is 272 g/mol. The molecule has 1 aliphatic heterocycles. The van der Waals surface area contributed by atoms with Gasteiger partial charge in [-0.15, -0.1) is 0 Å². The van der Waals surface area contributed by atoms with Gasteiger partial charge in [-0.1, -0.05) is 32.0 Å². The fourth-order valence-corrected chi connectivity index (χ4v) is 2.53. The van der Waals surface area contributed by atoms with Crippen molar-refractivity contribution in [2.75, 3.05) is 18.0 Å². The van der Waals surface area contributed by atoms with Crippen molar-refractivity contribution in [3.8, 4) is 17.6 Å². The fourth-order valence-electron chi connectivity index (χ4n) is 2.53. The van der Waals surface area contributed by atoms with E-state index in [4.69, 9.17) is 4.74 Å². The summed E-state index contributed by atoms with van der Waals surface area (Å²) in [5.74, 6) is 1.49. The van der Waals surface area contributed by atoms with E-state index < -0.39 is 0 Å². The maximum atomic E-state index is 9.34. The Morgan fingerprint density at radius 3 is 2.27 bits per heavy atom. The molecule has 1 heterocycles. The molecule has 2 aromatic carbocycles. The molecule has 0 saturated carbocycles. The molecule has 3 rings (SSSR count). The SMILES string of the molecule is CC.N#Cc1cc(Oc2ccccc2)ccc1N1CCCC1. The summed E-state index contributed by atoms with van der Waals surface area (Å²) in [6.07, 6.45) is 2.40. The van der Waals surface area contributed by atoms with Crippen LogP contribution in [0.2, 0.25) is 0 Å². The van der Waals surface area contributed by atoms with E-state index in [1.807, 2.05) is 62.4 Å². The molecule has 2 aromatic rings. The average molecular weight is 294 g/mol. The largest absolute Gasteiger partial charge is 0.457 e. The highest BCUT2D eigenvalue weighted by atomic mass is 16.5. The highest BCUT2D eigenvalue weighted by molar-refractivity contribution is 5.62. The predicted molar refractivity (Wildman–Crippen MR) is 90.5 cm³/mol. The molecule has 0 aliphatic carbocycles. The summed E-state index contributed by atoms with van der Waals surface area (Å²) in [4.78, 5) is 2.27. The number of para-hydroxylation sites is 1. The van der Waals surface area contributed by atoms with Crippen molar-refractivity contribution in [2.45, 2.75) is 26.7 Å². The highest BCUT2D eigenvalue weighted by Crippen LogP contribution is 2.29. The summed E-state index contributed by atoms with van der Waals surface area (Å²) in [5, 5.41) is 9.34. The molecule has 1 fully saturated rings. The molecule has 1 aliphatic rings. The van der Waals surface area contributed by atoms with Crippen LogP contribution in [0, 0.1) is 11.3 Å². The minimum Gasteiger partial charge on any atom is -0.457 e. The van der Waals surface area contributed by atoms with Crippen LogP contribution < -0.4 is 9.64 Å². The van der Waals surface area contributed by atoms with Crippen molar-refractivity contribution in [2.24, 2.45) is 0 Å². The Hall–Kier alpha value is -2.47. The van der Waals surface area contributed by atoms with Gasteiger partial charge >= 0.3 is 0 Å². The van der Waals surface area contributed by atoms with E-state index >= 15 is 0 Å². The number of rotatable bonds is 3. The zero-order valence-corrected chi connectivity index (χ0v) is 13.2. The van der Waals surface area contributed by atoms with Gasteiger partial charge < -0.3 is 9.64 Å². The molecule has 0 N–H and O–H groups in total. The Balaban J connectivity index is 0.000000847. The average Bonchev–Trinajstić information content (AvgIpc) is 3.12. The summed E-state index contributed by atoms with van der Waals surface area (Å²) in [6.45, 7) is 6.07. The van der Waals surface area contributed by atoms with E-state index in [-0.39, 0.29) is 0 Å². The molecule has 0 radical (unpaired) electrons. The lowest BCUT2D eigenvalue weighted by Crippen LogP contribution is -2.18. The van der Waals surface area contributed by atoms with Gasteiger partial charge in [0.1, 0.15) is 17.6 Å². The summed E-state index contributed by atoms with van der Waals surface area (Å²) in [7, 11) is 0. The van der Waals surface area contributed by atoms with Crippen molar-refractivity contribution >= 4 is 5.69 Å². The van der Waals surface area contributed by atoms with Crippen LogP contribution in [-0.2, 0) is 0 Å². The highest BCUT2D eigenvalue weighted by Gasteiger charge is 2.16. The van der Waals surface area contributed by atoms with E-state index in [2.05, 4.69) is 11.0 Å². The Bertz CT molecular complexity index is 626. The van der Waals surface area contributed by atoms with Crippen LogP contribution in [0.3, 0.4) is 0 Å². The van der Waals surface area contributed by atoms with E-state index in [0.29, 0.717) is 11.3 Å². The molecule has 0 bridgehead atoms. The van der Waals surface area contributed by atoms with Gasteiger partial charge in [0, 0.05) is 19.2 Å². The molecule has 0 unspecified atom stereocenters. The lowest BCUT2D eigenvalue weighted by Gasteiger charge is -2.19. The molecule has 0 aromatic heterocycles. The van der Waals surface area contributed by atoms with Gasteiger partial charge in [-0.2, -0.15) is 5.26 Å². The quantitative estimate of drug-likeness (QED) is 0.801. The van der Waals surface area contributed by atoms with Crippen LogP contribution in [0.15, 0.2) is 48.5 Å². The minimum atomic E-state index is 0.681. The molecular formula is C19H22N2O. The lowest BCUT2D eigenvalue weighted by atomic mass is 10.1. The number of nitriles is 1. The second kappa shape index (κ2) is 8.09. The van der Waals surface area contributed by atoms with Crippen molar-refractivity contribution in [3.63, 3.8) is 0 Å². The smallest absolute Gasteiger partial charge is 0.128 e. The first-order chi connectivity index (χ1) is 10.9. The molecule has 1 saturated heterocycles.